The summed E-state index contributed by atoms with van der Waals surface area (Å²) in [6.07, 6.45) is -4.98. The fraction of sp³-hybridized carbons (Fsp3) is 0.250. The maximum absolute atomic E-state index is 13.0. The van der Waals surface area contributed by atoms with Crippen LogP contribution in [0.2, 0.25) is 19.6 Å². The van der Waals surface area contributed by atoms with Crippen molar-refractivity contribution in [2.75, 3.05) is 0 Å². The maximum Gasteiger partial charge on any atom is 0.410 e. The molecule has 0 aliphatic heterocycles. The number of sulfonamides is 1. The van der Waals surface area contributed by atoms with Crippen molar-refractivity contribution in [3.8, 4) is 0 Å². The highest BCUT2D eigenvalue weighted by Gasteiger charge is 2.30. The minimum absolute atomic E-state index is 0.0130. The Balaban J connectivity index is 2.41. The van der Waals surface area contributed by atoms with Crippen LogP contribution in [0.5, 0.6) is 0 Å². The highest BCUT2D eigenvalue weighted by atomic mass is 32.2. The van der Waals surface area contributed by atoms with Gasteiger partial charge in [0.2, 0.25) is 0 Å². The number of halogens is 3. The van der Waals surface area contributed by atoms with Crippen LogP contribution < -0.4 is 9.91 Å². The number of aryl methyl sites for hydroxylation is 1. The van der Waals surface area contributed by atoms with Crippen molar-refractivity contribution in [2.24, 2.45) is 0 Å². The lowest BCUT2D eigenvalue weighted by Gasteiger charge is -2.17. The summed E-state index contributed by atoms with van der Waals surface area (Å²) in [5.41, 5.74) is 0.0201. The summed E-state index contributed by atoms with van der Waals surface area (Å²) in [7, 11) is -6.01. The first-order chi connectivity index (χ1) is 13.2. The number of alkyl halides is 3. The molecule has 1 N–H and O–H groups in total. The molecule has 0 heterocycles. The number of nitrogens with one attached hydrogen (secondary N) is 1. The normalized spacial score (nSPS) is 13.3. The van der Waals surface area contributed by atoms with Gasteiger partial charge in [0.1, 0.15) is 0 Å². The third-order valence-electron chi connectivity index (χ3n) is 4.17. The Kier molecular flexibility index (Phi) is 6.44. The number of allylic oxidation sites excluding steroid dienone is 1. The first-order valence-electron chi connectivity index (χ1n) is 8.73. The molecule has 0 fully saturated rings. The van der Waals surface area contributed by atoms with Crippen molar-refractivity contribution in [3.05, 3.63) is 65.7 Å². The summed E-state index contributed by atoms with van der Waals surface area (Å²) in [5.74, 6) is -1.34. The molecule has 0 unspecified atom stereocenters. The molecule has 9 heteroatoms. The van der Waals surface area contributed by atoms with Crippen LogP contribution in [0.1, 0.15) is 11.1 Å². The fourth-order valence-corrected chi connectivity index (χ4v) is 4.68. The Bertz CT molecular complexity index is 1020. The van der Waals surface area contributed by atoms with Gasteiger partial charge in [-0.25, -0.2) is 13.1 Å². The van der Waals surface area contributed by atoms with Crippen LogP contribution in [0.15, 0.2) is 59.5 Å². The number of hydrogen-bond acceptors (Lipinski definition) is 3. The number of rotatable bonds is 5. The molecule has 0 aromatic heterocycles. The van der Waals surface area contributed by atoms with E-state index in [1.807, 2.05) is 0 Å². The highest BCUT2D eigenvalue weighted by Crippen LogP contribution is 2.25. The van der Waals surface area contributed by atoms with Crippen molar-refractivity contribution >= 4 is 34.8 Å². The number of amides is 1. The first kappa shape index (κ1) is 22.9. The molecule has 4 nitrogen and oxygen atoms in total. The van der Waals surface area contributed by atoms with Gasteiger partial charge in [-0.15, -0.1) is 0 Å². The quantitative estimate of drug-likeness (QED) is 0.564. The van der Waals surface area contributed by atoms with Gasteiger partial charge in [0.15, 0.2) is 0 Å². The van der Waals surface area contributed by atoms with E-state index in [-0.39, 0.29) is 16.5 Å². The lowest BCUT2D eigenvalue weighted by molar-refractivity contribution is -0.114. The van der Waals surface area contributed by atoms with Gasteiger partial charge in [0.25, 0.3) is 15.9 Å². The van der Waals surface area contributed by atoms with Crippen LogP contribution in [-0.4, -0.2) is 28.6 Å². The van der Waals surface area contributed by atoms with Gasteiger partial charge in [-0.3, -0.25) is 4.79 Å². The topological polar surface area (TPSA) is 63.2 Å². The summed E-state index contributed by atoms with van der Waals surface area (Å²) >= 11 is 0. The zero-order valence-corrected chi connectivity index (χ0v) is 18.3. The molecule has 2 aromatic rings. The van der Waals surface area contributed by atoms with Crippen LogP contribution in [0.25, 0.3) is 5.57 Å². The van der Waals surface area contributed by atoms with Gasteiger partial charge < -0.3 is 0 Å². The number of carbonyl (C=O) groups is 1. The monoisotopic (exact) mass is 441 g/mol. The van der Waals surface area contributed by atoms with Crippen molar-refractivity contribution in [1.29, 1.82) is 0 Å². The summed E-state index contributed by atoms with van der Waals surface area (Å²) in [6.45, 7) is 7.99. The van der Waals surface area contributed by atoms with E-state index >= 15 is 0 Å². The molecule has 156 valence electrons. The lowest BCUT2D eigenvalue weighted by Crippen LogP contribution is -2.37. The molecule has 0 spiro atoms. The van der Waals surface area contributed by atoms with Crippen molar-refractivity contribution in [2.45, 2.75) is 37.6 Å². The third kappa shape index (κ3) is 6.30. The summed E-state index contributed by atoms with van der Waals surface area (Å²) in [4.78, 5) is 12.3. The fourth-order valence-electron chi connectivity index (χ4n) is 2.55. The highest BCUT2D eigenvalue weighted by molar-refractivity contribution is 7.90. The Labute approximate surface area is 169 Å². The van der Waals surface area contributed by atoms with E-state index in [0.717, 1.165) is 10.8 Å². The number of carbonyl (C=O) groups excluding carboxylic acids is 1. The predicted octanol–water partition coefficient (Wildman–Crippen LogP) is 3.99. The van der Waals surface area contributed by atoms with Gasteiger partial charge >= 0.3 is 6.18 Å². The summed E-state index contributed by atoms with van der Waals surface area (Å²) < 4.78 is 65.6. The Morgan fingerprint density at radius 2 is 1.48 bits per heavy atom. The van der Waals surface area contributed by atoms with E-state index in [9.17, 15) is 26.4 Å². The maximum atomic E-state index is 13.0. The molecule has 0 radical (unpaired) electrons. The second-order valence-corrected chi connectivity index (χ2v) is 14.4. The minimum atomic E-state index is -4.79. The molecule has 29 heavy (non-hydrogen) atoms. The Morgan fingerprint density at radius 3 is 1.93 bits per heavy atom. The smallest absolute Gasteiger partial charge is 0.268 e. The molecular weight excluding hydrogens is 419 g/mol. The van der Waals surface area contributed by atoms with E-state index in [4.69, 9.17) is 0 Å². The second-order valence-electron chi connectivity index (χ2n) is 7.67. The van der Waals surface area contributed by atoms with E-state index in [0.29, 0.717) is 0 Å². The predicted molar refractivity (Wildman–Crippen MR) is 110 cm³/mol. The standard InChI is InChI=1S/C20H22F3NO3SSi/c1-14-5-9-16(10-6-14)28(26,27)24-19(25)18(13-20(21,22)23)15-7-11-17(12-8-15)29(2,3)4/h5-13H,1-4H3,(H,24,25)/b18-13-. The van der Waals surface area contributed by atoms with Gasteiger partial charge in [-0.2, -0.15) is 13.2 Å². The zero-order chi connectivity index (χ0) is 22.0. The van der Waals surface area contributed by atoms with Crippen LogP contribution >= 0.6 is 0 Å². The van der Waals surface area contributed by atoms with E-state index in [1.54, 1.807) is 23.8 Å². The SMILES string of the molecule is Cc1ccc(S(=O)(=O)NC(=O)/C(=C\C(F)(F)F)c2ccc([Si](C)(C)C)cc2)cc1. The largest absolute Gasteiger partial charge is 0.410 e. The molecule has 2 aromatic carbocycles. The van der Waals surface area contributed by atoms with Crippen LogP contribution in [-0.2, 0) is 14.8 Å². The van der Waals surface area contributed by atoms with Gasteiger partial charge in [-0.05, 0) is 24.6 Å². The van der Waals surface area contributed by atoms with Crippen molar-refractivity contribution < 1.29 is 26.4 Å². The van der Waals surface area contributed by atoms with Gasteiger partial charge in [0.05, 0.1) is 18.5 Å². The van der Waals surface area contributed by atoms with Crippen molar-refractivity contribution in [1.82, 2.24) is 4.72 Å². The zero-order valence-electron chi connectivity index (χ0n) is 16.5. The van der Waals surface area contributed by atoms with Crippen molar-refractivity contribution in [3.63, 3.8) is 0 Å². The molecule has 1 amide bonds. The summed E-state index contributed by atoms with van der Waals surface area (Å²) in [6, 6.07) is 11.8. The van der Waals surface area contributed by atoms with E-state index < -0.39 is 35.8 Å². The lowest BCUT2D eigenvalue weighted by atomic mass is 10.1. The molecule has 2 rings (SSSR count). The van der Waals surface area contributed by atoms with Gasteiger partial charge in [0, 0.05) is 6.08 Å². The summed E-state index contributed by atoms with van der Waals surface area (Å²) in [5, 5.41) is 1.00. The van der Waals surface area contributed by atoms with Crippen LogP contribution in [0.3, 0.4) is 0 Å². The Morgan fingerprint density at radius 1 is 0.966 bits per heavy atom. The first-order valence-corrected chi connectivity index (χ1v) is 13.7. The molecule has 0 saturated heterocycles. The molecule has 0 aliphatic carbocycles. The van der Waals surface area contributed by atoms with E-state index in [1.165, 1.54) is 36.4 Å². The Hall–Kier alpha value is -2.39. The second kappa shape index (κ2) is 8.15. The number of benzene rings is 2. The molecule has 0 saturated carbocycles. The molecular formula is C20H22F3NO3SSi. The minimum Gasteiger partial charge on any atom is -0.268 e. The third-order valence-corrected chi connectivity index (χ3v) is 7.59. The van der Waals surface area contributed by atoms with Gasteiger partial charge in [-0.1, -0.05) is 66.8 Å². The molecule has 0 atom stereocenters. The number of hydrogen-bond donors (Lipinski definition) is 1. The molecule has 0 aliphatic rings. The molecule has 0 bridgehead atoms. The van der Waals surface area contributed by atoms with Crippen LogP contribution in [0, 0.1) is 6.92 Å². The van der Waals surface area contributed by atoms with Crippen LogP contribution in [0.4, 0.5) is 13.2 Å². The van der Waals surface area contributed by atoms with E-state index in [2.05, 4.69) is 19.6 Å². The average Bonchev–Trinajstić information content (AvgIpc) is 2.58. The average molecular weight is 442 g/mol.